The summed E-state index contributed by atoms with van der Waals surface area (Å²) in [4.78, 5) is 27.2. The van der Waals surface area contributed by atoms with Crippen LogP contribution in [0.25, 0.3) is 0 Å². The molecule has 0 aromatic heterocycles. The smallest absolute Gasteiger partial charge is 0.323 e. The number of benzene rings is 2. The molecule has 0 unspecified atom stereocenters. The summed E-state index contributed by atoms with van der Waals surface area (Å²) in [5.41, 5.74) is 2.34. The van der Waals surface area contributed by atoms with Crippen molar-refractivity contribution in [2.45, 2.75) is 56.3 Å². The third-order valence-electron chi connectivity index (χ3n) is 6.90. The third-order valence-corrected chi connectivity index (χ3v) is 6.90. The van der Waals surface area contributed by atoms with Crippen LogP contribution in [-0.4, -0.2) is 60.0 Å². The van der Waals surface area contributed by atoms with Gasteiger partial charge in [-0.25, -0.2) is 4.79 Å². The van der Waals surface area contributed by atoms with E-state index in [4.69, 9.17) is 9.47 Å². The maximum Gasteiger partial charge on any atom is 0.323 e. The molecule has 0 aliphatic carbocycles. The number of hydrogen-bond donors (Lipinski definition) is 3. The Morgan fingerprint density at radius 2 is 1.76 bits per heavy atom. The highest BCUT2D eigenvalue weighted by Gasteiger charge is 2.46. The summed E-state index contributed by atoms with van der Waals surface area (Å²) in [5, 5.41) is 15.7. The van der Waals surface area contributed by atoms with E-state index in [9.17, 15) is 14.7 Å². The number of para-hydroxylation sites is 1. The van der Waals surface area contributed by atoms with Crippen molar-refractivity contribution < 1.29 is 24.2 Å². The van der Waals surface area contributed by atoms with Crippen LogP contribution in [0.5, 0.6) is 5.75 Å². The molecule has 8 nitrogen and oxygen atoms in total. The Hall–Kier alpha value is -3.10. The number of aliphatic hydroxyl groups is 1. The maximum atomic E-state index is 12.8. The fraction of sp³-hybridized carbons (Fsp3) is 0.462. The molecule has 3 aliphatic rings. The number of amides is 3. The molecule has 8 heteroatoms. The molecule has 4 atom stereocenters. The molecule has 0 bridgehead atoms. The highest BCUT2D eigenvalue weighted by Crippen LogP contribution is 2.47. The summed E-state index contributed by atoms with van der Waals surface area (Å²) in [7, 11) is 0. The van der Waals surface area contributed by atoms with Crippen LogP contribution in [0, 0.1) is 0 Å². The normalized spacial score (nSPS) is 25.6. The summed E-state index contributed by atoms with van der Waals surface area (Å²) in [5.74, 6) is 0.833. The van der Waals surface area contributed by atoms with Crippen LogP contribution >= 0.6 is 0 Å². The third kappa shape index (κ3) is 4.88. The van der Waals surface area contributed by atoms with E-state index in [2.05, 4.69) is 10.6 Å². The molecule has 3 aliphatic heterocycles. The monoisotopic (exact) mass is 465 g/mol. The molecule has 0 radical (unpaired) electrons. The molecule has 2 aromatic carbocycles. The molecular formula is C26H31N3O5. The van der Waals surface area contributed by atoms with Gasteiger partial charge in [-0.15, -0.1) is 0 Å². The van der Waals surface area contributed by atoms with Gasteiger partial charge in [0, 0.05) is 35.9 Å². The largest absolute Gasteiger partial charge is 0.487 e. The van der Waals surface area contributed by atoms with E-state index < -0.39 is 6.10 Å². The Kier molecular flexibility index (Phi) is 6.69. The van der Waals surface area contributed by atoms with E-state index in [1.165, 1.54) is 6.42 Å². The molecule has 3 N–H and O–H groups in total. The first-order valence-corrected chi connectivity index (χ1v) is 12.1. The number of likely N-dealkylation sites (tertiary alicyclic amines) is 1. The van der Waals surface area contributed by atoms with Crippen molar-refractivity contribution in [3.8, 4) is 5.75 Å². The van der Waals surface area contributed by atoms with Gasteiger partial charge < -0.3 is 30.1 Å². The van der Waals surface area contributed by atoms with Crippen molar-refractivity contribution >= 4 is 23.3 Å². The van der Waals surface area contributed by atoms with Crippen LogP contribution < -0.4 is 15.4 Å². The van der Waals surface area contributed by atoms with Crippen molar-refractivity contribution in [2.24, 2.45) is 0 Å². The van der Waals surface area contributed by atoms with E-state index >= 15 is 0 Å². The summed E-state index contributed by atoms with van der Waals surface area (Å²) in [6.07, 6.45) is 3.14. The number of fused-ring (bicyclic) bond motifs is 3. The maximum absolute atomic E-state index is 12.8. The van der Waals surface area contributed by atoms with Gasteiger partial charge in [-0.3, -0.25) is 4.79 Å². The lowest BCUT2D eigenvalue weighted by molar-refractivity contribution is -0.149. The fourth-order valence-electron chi connectivity index (χ4n) is 5.25. The number of piperidine rings is 1. The van der Waals surface area contributed by atoms with Crippen LogP contribution in [-0.2, 0) is 9.53 Å². The average molecular weight is 466 g/mol. The molecule has 180 valence electrons. The lowest BCUT2D eigenvalue weighted by Gasteiger charge is -2.38. The first kappa shape index (κ1) is 22.7. The zero-order valence-corrected chi connectivity index (χ0v) is 19.1. The van der Waals surface area contributed by atoms with E-state index in [0.717, 1.165) is 37.2 Å². The van der Waals surface area contributed by atoms with Crippen LogP contribution in [0.2, 0.25) is 0 Å². The second-order valence-corrected chi connectivity index (χ2v) is 9.25. The second-order valence-electron chi connectivity index (χ2n) is 9.25. The Morgan fingerprint density at radius 1 is 1.00 bits per heavy atom. The minimum absolute atomic E-state index is 0.0148. The Balaban J connectivity index is 1.28. The van der Waals surface area contributed by atoms with Crippen LogP contribution in [0.3, 0.4) is 0 Å². The Labute approximate surface area is 199 Å². The van der Waals surface area contributed by atoms with Gasteiger partial charge in [0.05, 0.1) is 19.1 Å². The molecule has 0 saturated carbocycles. The molecular weight excluding hydrogens is 434 g/mol. The summed E-state index contributed by atoms with van der Waals surface area (Å²) in [6, 6.07) is 14.5. The number of carbonyl (C=O) groups is 2. The molecule has 5 rings (SSSR count). The minimum atomic E-state index is -0.497. The lowest BCUT2D eigenvalue weighted by atomic mass is 9.84. The topological polar surface area (TPSA) is 100 Å². The number of nitrogens with one attached hydrogen (secondary N) is 2. The van der Waals surface area contributed by atoms with Crippen LogP contribution in [0.15, 0.2) is 48.5 Å². The van der Waals surface area contributed by atoms with Gasteiger partial charge in [0.1, 0.15) is 18.0 Å². The molecule has 3 heterocycles. The molecule has 2 fully saturated rings. The molecule has 2 saturated heterocycles. The van der Waals surface area contributed by atoms with Crippen molar-refractivity contribution in [1.29, 1.82) is 0 Å². The predicted molar refractivity (Wildman–Crippen MR) is 128 cm³/mol. The number of hydrogen-bond acceptors (Lipinski definition) is 5. The van der Waals surface area contributed by atoms with E-state index in [1.54, 1.807) is 6.07 Å². The van der Waals surface area contributed by atoms with Gasteiger partial charge in [-0.05, 0) is 56.0 Å². The molecule has 34 heavy (non-hydrogen) atoms. The van der Waals surface area contributed by atoms with Crippen molar-refractivity contribution in [1.82, 2.24) is 4.90 Å². The summed E-state index contributed by atoms with van der Waals surface area (Å²) in [6.45, 7) is 1.45. The Morgan fingerprint density at radius 3 is 2.53 bits per heavy atom. The SMILES string of the molecule is O=C(Nc1ccccc1)Nc1ccc2c(c1)[C@H]1C[C@@H](CC(=O)N3CCCCC3)O[C@@H](CO)[C@H]1O2. The number of carbonyl (C=O) groups excluding carboxylic acids is 2. The Bertz CT molecular complexity index is 1020. The van der Waals surface area contributed by atoms with Crippen LogP contribution in [0.4, 0.5) is 16.2 Å². The number of nitrogens with zero attached hydrogens (tertiary/aromatic N) is 1. The van der Waals surface area contributed by atoms with Gasteiger partial charge in [0.25, 0.3) is 0 Å². The number of rotatable bonds is 5. The van der Waals surface area contributed by atoms with E-state index in [0.29, 0.717) is 24.2 Å². The van der Waals surface area contributed by atoms with Gasteiger partial charge in [-0.1, -0.05) is 18.2 Å². The molecule has 0 spiro atoms. The van der Waals surface area contributed by atoms with Gasteiger partial charge in [0.15, 0.2) is 0 Å². The highest BCUT2D eigenvalue weighted by molar-refractivity contribution is 5.99. The summed E-state index contributed by atoms with van der Waals surface area (Å²) >= 11 is 0. The number of ether oxygens (including phenoxy) is 2. The minimum Gasteiger partial charge on any atom is -0.487 e. The van der Waals surface area contributed by atoms with E-state index in [-0.39, 0.29) is 36.7 Å². The van der Waals surface area contributed by atoms with Crippen molar-refractivity contribution in [2.75, 3.05) is 30.3 Å². The second kappa shape index (κ2) is 10.0. The highest BCUT2D eigenvalue weighted by atomic mass is 16.6. The number of anilines is 2. The lowest BCUT2D eigenvalue weighted by Crippen LogP contribution is -2.48. The zero-order valence-electron chi connectivity index (χ0n) is 19.1. The van der Waals surface area contributed by atoms with Gasteiger partial charge in [-0.2, -0.15) is 0 Å². The average Bonchev–Trinajstić information content (AvgIpc) is 3.22. The first-order chi connectivity index (χ1) is 16.6. The van der Waals surface area contributed by atoms with Gasteiger partial charge >= 0.3 is 6.03 Å². The number of aliphatic hydroxyl groups excluding tert-OH is 1. The zero-order chi connectivity index (χ0) is 23.5. The standard InChI is InChI=1S/C26H31N3O5/c30-16-23-25-21(14-19(33-23)15-24(31)29-11-5-2-6-12-29)20-13-18(9-10-22(20)34-25)28-26(32)27-17-7-3-1-4-8-17/h1,3-4,7-10,13,19,21,23,25,30H,2,5-6,11-12,14-16H2,(H2,27,28,32)/t19-,21+,23-,25-/m0/s1. The van der Waals surface area contributed by atoms with Crippen molar-refractivity contribution in [3.63, 3.8) is 0 Å². The van der Waals surface area contributed by atoms with Crippen molar-refractivity contribution in [3.05, 3.63) is 54.1 Å². The summed E-state index contributed by atoms with van der Waals surface area (Å²) < 4.78 is 12.2. The quantitative estimate of drug-likeness (QED) is 0.625. The fourth-order valence-corrected chi connectivity index (χ4v) is 5.25. The van der Waals surface area contributed by atoms with Gasteiger partial charge in [0.2, 0.25) is 5.91 Å². The predicted octanol–water partition coefficient (Wildman–Crippen LogP) is 3.73. The van der Waals surface area contributed by atoms with Crippen LogP contribution in [0.1, 0.15) is 43.6 Å². The molecule has 3 amide bonds. The number of urea groups is 1. The molecule has 2 aromatic rings. The first-order valence-electron chi connectivity index (χ1n) is 12.1. The van der Waals surface area contributed by atoms with E-state index in [1.807, 2.05) is 47.4 Å².